The summed E-state index contributed by atoms with van der Waals surface area (Å²) < 4.78 is 0. The molecule has 6 heteroatoms. The number of aliphatic carboxylic acids is 1. The first-order valence-corrected chi connectivity index (χ1v) is 6.95. The lowest BCUT2D eigenvalue weighted by atomic mass is 10.0. The molecule has 0 aromatic heterocycles. The van der Waals surface area contributed by atoms with E-state index in [9.17, 15) is 19.8 Å². The molecule has 5 N–H and O–H groups in total. The SMILES string of the molecule is NC(CCCCCCC(=O)c1cc(O)ccc1O)C(=O)O. The summed E-state index contributed by atoms with van der Waals surface area (Å²) >= 11 is 0. The molecule has 0 saturated carbocycles. The van der Waals surface area contributed by atoms with Gasteiger partial charge in [-0.2, -0.15) is 0 Å². The molecule has 0 amide bonds. The van der Waals surface area contributed by atoms with Gasteiger partial charge in [0.25, 0.3) is 0 Å². The summed E-state index contributed by atoms with van der Waals surface area (Å²) in [6, 6.07) is 3.04. The maximum Gasteiger partial charge on any atom is 0.320 e. The summed E-state index contributed by atoms with van der Waals surface area (Å²) in [7, 11) is 0. The van der Waals surface area contributed by atoms with Crippen molar-refractivity contribution in [2.45, 2.75) is 44.6 Å². The molecule has 1 aromatic carbocycles. The largest absolute Gasteiger partial charge is 0.508 e. The second kappa shape index (κ2) is 8.26. The monoisotopic (exact) mass is 295 g/mol. The maximum atomic E-state index is 11.9. The molecule has 0 radical (unpaired) electrons. The molecule has 0 heterocycles. The van der Waals surface area contributed by atoms with Gasteiger partial charge in [-0.05, 0) is 31.0 Å². The number of Topliss-reactive ketones (excluding diaryl/α,β-unsaturated/α-hetero) is 1. The highest BCUT2D eigenvalue weighted by Crippen LogP contribution is 2.24. The average Bonchev–Trinajstić information content (AvgIpc) is 2.44. The van der Waals surface area contributed by atoms with Crippen molar-refractivity contribution in [1.29, 1.82) is 0 Å². The molecule has 1 unspecified atom stereocenters. The number of unbranched alkanes of at least 4 members (excludes halogenated alkanes) is 3. The highest BCUT2D eigenvalue weighted by Gasteiger charge is 2.12. The van der Waals surface area contributed by atoms with Gasteiger partial charge < -0.3 is 21.1 Å². The number of hydrogen-bond donors (Lipinski definition) is 4. The van der Waals surface area contributed by atoms with E-state index in [1.54, 1.807) is 0 Å². The van der Waals surface area contributed by atoms with Gasteiger partial charge in [0, 0.05) is 6.42 Å². The molecule has 21 heavy (non-hydrogen) atoms. The van der Waals surface area contributed by atoms with Crippen LogP contribution in [-0.4, -0.2) is 33.1 Å². The molecule has 1 atom stereocenters. The third-order valence-corrected chi connectivity index (χ3v) is 3.27. The average molecular weight is 295 g/mol. The predicted molar refractivity (Wildman–Crippen MR) is 77.4 cm³/mol. The van der Waals surface area contributed by atoms with Gasteiger partial charge in [-0.15, -0.1) is 0 Å². The van der Waals surface area contributed by atoms with Crippen LogP contribution in [0.5, 0.6) is 11.5 Å². The molecule has 1 aromatic rings. The van der Waals surface area contributed by atoms with Crippen molar-refractivity contribution in [3.05, 3.63) is 23.8 Å². The number of benzene rings is 1. The van der Waals surface area contributed by atoms with Crippen LogP contribution >= 0.6 is 0 Å². The fourth-order valence-corrected chi connectivity index (χ4v) is 2.01. The van der Waals surface area contributed by atoms with Crippen molar-refractivity contribution in [3.63, 3.8) is 0 Å². The van der Waals surface area contributed by atoms with Crippen molar-refractivity contribution < 1.29 is 24.9 Å². The number of carbonyl (C=O) groups is 2. The van der Waals surface area contributed by atoms with Crippen LogP contribution in [0.1, 0.15) is 48.9 Å². The van der Waals surface area contributed by atoms with Gasteiger partial charge in [0.1, 0.15) is 17.5 Å². The number of carboxylic acid groups (broad SMARTS) is 1. The second-order valence-electron chi connectivity index (χ2n) is 5.02. The first-order valence-electron chi connectivity index (χ1n) is 6.95. The Balaban J connectivity index is 2.25. The highest BCUT2D eigenvalue weighted by molar-refractivity contribution is 5.98. The van der Waals surface area contributed by atoms with Gasteiger partial charge in [0.15, 0.2) is 5.78 Å². The van der Waals surface area contributed by atoms with E-state index in [4.69, 9.17) is 10.8 Å². The third-order valence-electron chi connectivity index (χ3n) is 3.27. The molecule has 6 nitrogen and oxygen atoms in total. The highest BCUT2D eigenvalue weighted by atomic mass is 16.4. The number of aromatic hydroxyl groups is 2. The first kappa shape index (κ1) is 17.0. The van der Waals surface area contributed by atoms with E-state index in [2.05, 4.69) is 0 Å². The number of phenols is 2. The molecule has 0 bridgehead atoms. The van der Waals surface area contributed by atoms with Crippen LogP contribution in [0.25, 0.3) is 0 Å². The number of rotatable bonds is 9. The lowest BCUT2D eigenvalue weighted by molar-refractivity contribution is -0.138. The summed E-state index contributed by atoms with van der Waals surface area (Å²) in [6.07, 6.45) is 3.66. The quantitative estimate of drug-likeness (QED) is 0.314. The van der Waals surface area contributed by atoms with Gasteiger partial charge >= 0.3 is 5.97 Å². The Kier molecular flexibility index (Phi) is 6.68. The Labute approximate surface area is 123 Å². The minimum Gasteiger partial charge on any atom is -0.508 e. The Bertz CT molecular complexity index is 501. The number of nitrogens with two attached hydrogens (primary N) is 1. The van der Waals surface area contributed by atoms with Crippen LogP contribution in [0.2, 0.25) is 0 Å². The summed E-state index contributed by atoms with van der Waals surface area (Å²) in [6.45, 7) is 0. The molecule has 0 fully saturated rings. The van der Waals surface area contributed by atoms with E-state index in [1.165, 1.54) is 18.2 Å². The van der Waals surface area contributed by atoms with E-state index in [0.717, 1.165) is 12.8 Å². The first-order chi connectivity index (χ1) is 9.91. The zero-order valence-electron chi connectivity index (χ0n) is 11.8. The van der Waals surface area contributed by atoms with E-state index >= 15 is 0 Å². The van der Waals surface area contributed by atoms with E-state index in [-0.39, 0.29) is 29.3 Å². The molecule has 0 aliphatic carbocycles. The van der Waals surface area contributed by atoms with Gasteiger partial charge in [-0.25, -0.2) is 0 Å². The van der Waals surface area contributed by atoms with Crippen molar-refractivity contribution in [1.82, 2.24) is 0 Å². The number of phenolic OH excluding ortho intramolecular Hbond substituents is 2. The van der Waals surface area contributed by atoms with Gasteiger partial charge in [0.2, 0.25) is 0 Å². The summed E-state index contributed by atoms with van der Waals surface area (Å²) in [4.78, 5) is 22.4. The van der Waals surface area contributed by atoms with Crippen molar-refractivity contribution in [3.8, 4) is 11.5 Å². The number of hydrogen-bond acceptors (Lipinski definition) is 5. The van der Waals surface area contributed by atoms with Crippen LogP contribution in [-0.2, 0) is 4.79 Å². The lowest BCUT2D eigenvalue weighted by Gasteiger charge is -2.06. The molecular weight excluding hydrogens is 274 g/mol. The summed E-state index contributed by atoms with van der Waals surface area (Å²) in [5.74, 6) is -1.40. The van der Waals surface area contributed by atoms with Crippen LogP contribution in [0.3, 0.4) is 0 Å². The number of ketones is 1. The molecule has 0 aliphatic rings. The second-order valence-corrected chi connectivity index (χ2v) is 5.02. The smallest absolute Gasteiger partial charge is 0.320 e. The van der Waals surface area contributed by atoms with E-state index in [0.29, 0.717) is 19.3 Å². The van der Waals surface area contributed by atoms with Crippen molar-refractivity contribution >= 4 is 11.8 Å². The Morgan fingerprint density at radius 3 is 2.43 bits per heavy atom. The Hall–Kier alpha value is -2.08. The molecule has 0 saturated heterocycles. The summed E-state index contributed by atoms with van der Waals surface area (Å²) in [5, 5.41) is 27.5. The van der Waals surface area contributed by atoms with Gasteiger partial charge in [0.05, 0.1) is 5.56 Å². The van der Waals surface area contributed by atoms with Crippen molar-refractivity contribution in [2.75, 3.05) is 0 Å². The Morgan fingerprint density at radius 2 is 1.76 bits per heavy atom. The third kappa shape index (κ3) is 5.83. The normalized spacial score (nSPS) is 12.0. The molecule has 0 aliphatic heterocycles. The molecule has 0 spiro atoms. The standard InChI is InChI=1S/C15H21NO5/c16-12(15(20)21)5-3-1-2-4-6-13(18)11-9-10(17)7-8-14(11)19/h7-9,12,17,19H,1-6,16H2,(H,20,21). The fourth-order valence-electron chi connectivity index (χ4n) is 2.01. The van der Waals surface area contributed by atoms with Crippen LogP contribution < -0.4 is 5.73 Å². The number of carbonyl (C=O) groups excluding carboxylic acids is 1. The van der Waals surface area contributed by atoms with Gasteiger partial charge in [-0.1, -0.05) is 19.3 Å². The fraction of sp³-hybridized carbons (Fsp3) is 0.467. The van der Waals surface area contributed by atoms with E-state index in [1.807, 2.05) is 0 Å². The molecule has 116 valence electrons. The zero-order valence-corrected chi connectivity index (χ0v) is 11.8. The number of carboxylic acids is 1. The van der Waals surface area contributed by atoms with Crippen LogP contribution in [0.15, 0.2) is 18.2 Å². The summed E-state index contributed by atoms with van der Waals surface area (Å²) in [5.41, 5.74) is 5.51. The lowest BCUT2D eigenvalue weighted by Crippen LogP contribution is -2.29. The topological polar surface area (TPSA) is 121 Å². The van der Waals surface area contributed by atoms with Crippen molar-refractivity contribution in [2.24, 2.45) is 5.73 Å². The van der Waals surface area contributed by atoms with Crippen LogP contribution in [0.4, 0.5) is 0 Å². The van der Waals surface area contributed by atoms with Gasteiger partial charge in [-0.3, -0.25) is 9.59 Å². The Morgan fingerprint density at radius 1 is 1.10 bits per heavy atom. The molecular formula is C15H21NO5. The minimum atomic E-state index is -0.996. The zero-order chi connectivity index (χ0) is 15.8. The van der Waals surface area contributed by atoms with Crippen LogP contribution in [0, 0.1) is 0 Å². The predicted octanol–water partition coefficient (Wildman–Crippen LogP) is 2.03. The maximum absolute atomic E-state index is 11.9. The van der Waals surface area contributed by atoms with E-state index < -0.39 is 12.0 Å². The minimum absolute atomic E-state index is 0.0567. The molecule has 1 rings (SSSR count).